The minimum absolute atomic E-state index is 0.134. The molecule has 2 aromatic carbocycles. The lowest BCUT2D eigenvalue weighted by Gasteiger charge is -2.06. The molecule has 1 heterocycles. The molecule has 0 aliphatic carbocycles. The number of amides is 1. The molecule has 25 heavy (non-hydrogen) atoms. The van der Waals surface area contributed by atoms with E-state index in [1.54, 1.807) is 7.11 Å². The van der Waals surface area contributed by atoms with Gasteiger partial charge in [-0.1, -0.05) is 30.3 Å². The molecule has 0 aliphatic rings. The van der Waals surface area contributed by atoms with Gasteiger partial charge in [0.05, 0.1) is 7.11 Å². The fraction of sp³-hybridized carbons (Fsp3) is 0.250. The van der Waals surface area contributed by atoms with Gasteiger partial charge in [-0.05, 0) is 42.2 Å². The van der Waals surface area contributed by atoms with Gasteiger partial charge < -0.3 is 9.30 Å². The summed E-state index contributed by atoms with van der Waals surface area (Å²) >= 11 is 0. The number of rotatable bonds is 7. The number of aromatic nitrogens is 1. The van der Waals surface area contributed by atoms with E-state index in [0.29, 0.717) is 6.42 Å². The molecule has 0 saturated heterocycles. The molecule has 3 rings (SSSR count). The number of nitrogens with zero attached hydrogens (tertiary/aromatic N) is 1. The van der Waals surface area contributed by atoms with Crippen LogP contribution < -0.4 is 16.0 Å². The summed E-state index contributed by atoms with van der Waals surface area (Å²) in [6.45, 7) is 0.812. The Balaban J connectivity index is 1.90. The molecule has 0 fully saturated rings. The van der Waals surface area contributed by atoms with E-state index in [2.05, 4.69) is 52.6 Å². The summed E-state index contributed by atoms with van der Waals surface area (Å²) in [6.07, 6.45) is 4.17. The maximum Gasteiger partial charge on any atom is 0.233 e. The molecule has 0 atom stereocenters. The fourth-order valence-corrected chi connectivity index (χ4v) is 3.10. The van der Waals surface area contributed by atoms with Crippen LogP contribution in [0.1, 0.15) is 24.0 Å². The zero-order chi connectivity index (χ0) is 17.6. The molecule has 0 bridgehead atoms. The van der Waals surface area contributed by atoms with Crippen LogP contribution in [0.3, 0.4) is 0 Å². The van der Waals surface area contributed by atoms with Gasteiger partial charge in [0, 0.05) is 30.1 Å². The Labute approximate surface area is 147 Å². The topological polar surface area (TPSA) is 69.3 Å². The molecule has 0 saturated carbocycles. The molecular weight excluding hydrogens is 314 g/mol. The van der Waals surface area contributed by atoms with Crippen molar-refractivity contribution in [3.05, 3.63) is 65.9 Å². The van der Waals surface area contributed by atoms with E-state index in [0.717, 1.165) is 25.1 Å². The van der Waals surface area contributed by atoms with Crippen molar-refractivity contribution in [2.45, 2.75) is 25.8 Å². The second kappa shape index (κ2) is 7.85. The number of nitrogens with two attached hydrogens (primary N) is 1. The lowest BCUT2D eigenvalue weighted by molar-refractivity contribution is -0.121. The molecule has 5 nitrogen and oxygen atoms in total. The summed E-state index contributed by atoms with van der Waals surface area (Å²) in [5, 5.41) is 1.17. The van der Waals surface area contributed by atoms with Crippen molar-refractivity contribution in [2.75, 3.05) is 7.11 Å². The summed E-state index contributed by atoms with van der Waals surface area (Å²) in [6, 6.07) is 16.5. The Morgan fingerprint density at radius 1 is 1.20 bits per heavy atom. The lowest BCUT2D eigenvalue weighted by Crippen LogP contribution is -2.29. The third-order valence-corrected chi connectivity index (χ3v) is 4.38. The highest BCUT2D eigenvalue weighted by Crippen LogP contribution is 2.28. The summed E-state index contributed by atoms with van der Waals surface area (Å²) in [5.41, 5.74) is 5.82. The highest BCUT2D eigenvalue weighted by atomic mass is 16.5. The minimum Gasteiger partial charge on any atom is -0.497 e. The van der Waals surface area contributed by atoms with E-state index in [4.69, 9.17) is 10.6 Å². The fourth-order valence-electron chi connectivity index (χ4n) is 3.10. The van der Waals surface area contributed by atoms with Crippen LogP contribution in [-0.4, -0.2) is 17.6 Å². The van der Waals surface area contributed by atoms with Crippen molar-refractivity contribution in [1.29, 1.82) is 0 Å². The first-order valence-electron chi connectivity index (χ1n) is 8.40. The number of methoxy groups -OCH3 is 1. The van der Waals surface area contributed by atoms with Gasteiger partial charge >= 0.3 is 0 Å². The van der Waals surface area contributed by atoms with Crippen LogP contribution in [0.2, 0.25) is 0 Å². The zero-order valence-corrected chi connectivity index (χ0v) is 14.4. The highest BCUT2D eigenvalue weighted by Gasteiger charge is 2.11. The molecule has 1 aromatic heterocycles. The minimum atomic E-state index is -0.134. The number of hydrogen-bond donors (Lipinski definition) is 2. The first kappa shape index (κ1) is 17.0. The van der Waals surface area contributed by atoms with Crippen LogP contribution in [0.4, 0.5) is 0 Å². The monoisotopic (exact) mass is 337 g/mol. The normalized spacial score (nSPS) is 10.8. The van der Waals surface area contributed by atoms with E-state index < -0.39 is 0 Å². The summed E-state index contributed by atoms with van der Waals surface area (Å²) in [4.78, 5) is 11.4. The quantitative estimate of drug-likeness (QED) is 0.395. The number of ether oxygens (including phenoxy) is 1. The van der Waals surface area contributed by atoms with Crippen molar-refractivity contribution in [2.24, 2.45) is 5.84 Å². The van der Waals surface area contributed by atoms with Gasteiger partial charge in [-0.3, -0.25) is 10.2 Å². The maximum absolute atomic E-state index is 11.4. The third-order valence-electron chi connectivity index (χ3n) is 4.38. The second-order valence-electron chi connectivity index (χ2n) is 6.07. The van der Waals surface area contributed by atoms with Gasteiger partial charge in [0.15, 0.2) is 0 Å². The van der Waals surface area contributed by atoms with Gasteiger partial charge in [-0.25, -0.2) is 5.84 Å². The first-order chi connectivity index (χ1) is 12.2. The largest absolute Gasteiger partial charge is 0.497 e. The average Bonchev–Trinajstić information content (AvgIpc) is 2.99. The Morgan fingerprint density at radius 3 is 2.72 bits per heavy atom. The van der Waals surface area contributed by atoms with Gasteiger partial charge in [-0.15, -0.1) is 0 Å². The number of fused-ring (bicyclic) bond motifs is 1. The number of hydrogen-bond acceptors (Lipinski definition) is 3. The van der Waals surface area contributed by atoms with Crippen molar-refractivity contribution in [1.82, 2.24) is 9.99 Å². The van der Waals surface area contributed by atoms with Crippen molar-refractivity contribution in [3.63, 3.8) is 0 Å². The molecule has 0 unspecified atom stereocenters. The molecule has 5 heteroatoms. The molecule has 0 spiro atoms. The third kappa shape index (κ3) is 4.00. The molecular formula is C20H23N3O2. The van der Waals surface area contributed by atoms with Crippen molar-refractivity contribution < 1.29 is 9.53 Å². The Morgan fingerprint density at radius 2 is 2.00 bits per heavy atom. The van der Waals surface area contributed by atoms with Crippen LogP contribution in [-0.2, 0) is 17.8 Å². The van der Waals surface area contributed by atoms with Gasteiger partial charge in [0.2, 0.25) is 5.91 Å². The number of aryl methyl sites for hydroxylation is 1. The predicted octanol–water partition coefficient (Wildman–Crippen LogP) is 3.01. The predicted molar refractivity (Wildman–Crippen MR) is 99.3 cm³/mol. The summed E-state index contributed by atoms with van der Waals surface area (Å²) < 4.78 is 7.63. The van der Waals surface area contributed by atoms with Crippen LogP contribution in [0.15, 0.2) is 54.7 Å². The van der Waals surface area contributed by atoms with Crippen LogP contribution in [0.5, 0.6) is 5.75 Å². The first-order valence-corrected chi connectivity index (χ1v) is 8.40. The highest BCUT2D eigenvalue weighted by molar-refractivity contribution is 5.85. The number of nitrogens with one attached hydrogen (secondary N) is 1. The standard InChI is InChI=1S/C20H23N3O2/c1-25-17-10-11-19-18(12-17)16(8-5-9-20(24)22-21)14-23(19)13-15-6-3-2-4-7-15/h2-4,6-7,10-12,14H,5,8-9,13,21H2,1H3,(H,22,24). The smallest absolute Gasteiger partial charge is 0.233 e. The Bertz CT molecular complexity index is 856. The van der Waals surface area contributed by atoms with Crippen LogP contribution >= 0.6 is 0 Å². The Kier molecular flexibility index (Phi) is 5.36. The number of hydrazine groups is 1. The SMILES string of the molecule is COc1ccc2c(c1)c(CCCC(=O)NN)cn2Cc1ccccc1. The molecule has 3 N–H and O–H groups in total. The van der Waals surface area contributed by atoms with Crippen molar-refractivity contribution >= 4 is 16.8 Å². The molecule has 130 valence electrons. The van der Waals surface area contributed by atoms with E-state index in [-0.39, 0.29) is 5.91 Å². The summed E-state index contributed by atoms with van der Waals surface area (Å²) in [5.74, 6) is 5.85. The van der Waals surface area contributed by atoms with Gasteiger partial charge in [0.25, 0.3) is 0 Å². The van der Waals surface area contributed by atoms with E-state index in [1.165, 1.54) is 22.0 Å². The second-order valence-corrected chi connectivity index (χ2v) is 6.07. The van der Waals surface area contributed by atoms with Crippen molar-refractivity contribution in [3.8, 4) is 5.75 Å². The number of benzene rings is 2. The van der Waals surface area contributed by atoms with E-state index in [1.807, 2.05) is 12.1 Å². The number of carbonyl (C=O) groups excluding carboxylic acids is 1. The summed E-state index contributed by atoms with van der Waals surface area (Å²) in [7, 11) is 1.67. The maximum atomic E-state index is 11.4. The van der Waals surface area contributed by atoms with Gasteiger partial charge in [-0.2, -0.15) is 0 Å². The van der Waals surface area contributed by atoms with Crippen LogP contribution in [0.25, 0.3) is 10.9 Å². The van der Waals surface area contributed by atoms with E-state index in [9.17, 15) is 4.79 Å². The molecule has 0 radical (unpaired) electrons. The average molecular weight is 337 g/mol. The zero-order valence-electron chi connectivity index (χ0n) is 14.4. The molecule has 0 aliphatic heterocycles. The Hall–Kier alpha value is -2.79. The van der Waals surface area contributed by atoms with E-state index >= 15 is 0 Å². The number of carbonyl (C=O) groups is 1. The molecule has 1 amide bonds. The van der Waals surface area contributed by atoms with Gasteiger partial charge in [0.1, 0.15) is 5.75 Å². The van der Waals surface area contributed by atoms with Crippen LogP contribution in [0, 0.1) is 0 Å². The molecule has 3 aromatic rings. The lowest BCUT2D eigenvalue weighted by atomic mass is 10.1.